The third-order valence-electron chi connectivity index (χ3n) is 3.16. The zero-order valence-corrected chi connectivity index (χ0v) is 10.4. The van der Waals surface area contributed by atoms with E-state index < -0.39 is 23.9 Å². The van der Waals surface area contributed by atoms with Crippen molar-refractivity contribution in [2.24, 2.45) is 0 Å². The molecular formula is C13H15F3O3. The fourth-order valence-electron chi connectivity index (χ4n) is 2.15. The second-order valence-electron chi connectivity index (χ2n) is 4.49. The summed E-state index contributed by atoms with van der Waals surface area (Å²) in [5.41, 5.74) is -0.223. The number of hydrogen-bond donors (Lipinski definition) is 1. The van der Waals surface area contributed by atoms with Crippen LogP contribution in [0, 0.1) is 0 Å². The van der Waals surface area contributed by atoms with Crippen LogP contribution in [-0.4, -0.2) is 24.9 Å². The topological polar surface area (TPSA) is 38.7 Å². The van der Waals surface area contributed by atoms with Gasteiger partial charge in [-0.25, -0.2) is 0 Å². The van der Waals surface area contributed by atoms with Crippen molar-refractivity contribution in [1.29, 1.82) is 0 Å². The van der Waals surface area contributed by atoms with Crippen molar-refractivity contribution in [2.45, 2.75) is 31.2 Å². The van der Waals surface area contributed by atoms with E-state index >= 15 is 0 Å². The molecular weight excluding hydrogens is 261 g/mol. The van der Waals surface area contributed by atoms with Gasteiger partial charge in [0.2, 0.25) is 0 Å². The average molecular weight is 276 g/mol. The molecule has 0 saturated carbocycles. The van der Waals surface area contributed by atoms with Crippen LogP contribution in [0.1, 0.15) is 30.1 Å². The Morgan fingerprint density at radius 1 is 1.37 bits per heavy atom. The molecule has 1 aliphatic rings. The van der Waals surface area contributed by atoms with E-state index in [1.807, 2.05) is 0 Å². The minimum Gasteiger partial charge on any atom is -0.496 e. The van der Waals surface area contributed by atoms with E-state index in [1.54, 1.807) is 0 Å². The van der Waals surface area contributed by atoms with E-state index in [0.29, 0.717) is 25.0 Å². The van der Waals surface area contributed by atoms with Gasteiger partial charge in [-0.3, -0.25) is 0 Å². The van der Waals surface area contributed by atoms with Crippen LogP contribution in [0.2, 0.25) is 0 Å². The van der Waals surface area contributed by atoms with Gasteiger partial charge >= 0.3 is 6.18 Å². The van der Waals surface area contributed by atoms with Gasteiger partial charge in [0.15, 0.2) is 0 Å². The van der Waals surface area contributed by atoms with Gasteiger partial charge in [0.25, 0.3) is 0 Å². The zero-order chi connectivity index (χ0) is 14.0. The third kappa shape index (κ3) is 3.19. The van der Waals surface area contributed by atoms with E-state index in [2.05, 4.69) is 0 Å². The van der Waals surface area contributed by atoms with Crippen LogP contribution in [0.3, 0.4) is 0 Å². The van der Waals surface area contributed by atoms with Crippen LogP contribution in [0.25, 0.3) is 0 Å². The Labute approximate surface area is 108 Å². The molecule has 106 valence electrons. The van der Waals surface area contributed by atoms with E-state index in [-0.39, 0.29) is 5.75 Å². The highest BCUT2D eigenvalue weighted by Gasteiger charge is 2.32. The first-order chi connectivity index (χ1) is 8.91. The first-order valence-electron chi connectivity index (χ1n) is 5.96. The van der Waals surface area contributed by atoms with Crippen LogP contribution < -0.4 is 4.74 Å². The summed E-state index contributed by atoms with van der Waals surface area (Å²) in [6.45, 7) is 0.385. The predicted molar refractivity (Wildman–Crippen MR) is 61.9 cm³/mol. The van der Waals surface area contributed by atoms with Crippen molar-refractivity contribution in [3.05, 3.63) is 29.3 Å². The molecule has 0 radical (unpaired) electrons. The standard InChI is InChI=1S/C13H15F3O3/c1-18-11-6-8(13(14,15)16)2-3-10(11)12-7-9(17)4-5-19-12/h2-3,6,9,12,17H,4-5,7H2,1H3. The number of methoxy groups -OCH3 is 1. The lowest BCUT2D eigenvalue weighted by Gasteiger charge is -2.28. The summed E-state index contributed by atoms with van der Waals surface area (Å²) in [7, 11) is 1.32. The van der Waals surface area contributed by atoms with Crippen LogP contribution >= 0.6 is 0 Å². The monoisotopic (exact) mass is 276 g/mol. The van der Waals surface area contributed by atoms with E-state index in [0.717, 1.165) is 12.1 Å². The lowest BCUT2D eigenvalue weighted by atomic mass is 9.97. The number of ether oxygens (including phenoxy) is 2. The number of alkyl halides is 3. The summed E-state index contributed by atoms with van der Waals surface area (Å²) in [5, 5.41) is 9.59. The van der Waals surface area contributed by atoms with Crippen molar-refractivity contribution in [3.8, 4) is 5.75 Å². The Morgan fingerprint density at radius 3 is 2.68 bits per heavy atom. The molecule has 0 amide bonds. The quantitative estimate of drug-likeness (QED) is 0.902. The molecule has 0 spiro atoms. The molecule has 1 aromatic carbocycles. The number of hydrogen-bond acceptors (Lipinski definition) is 3. The molecule has 1 fully saturated rings. The highest BCUT2D eigenvalue weighted by Crippen LogP contribution is 2.38. The smallest absolute Gasteiger partial charge is 0.416 e. The highest BCUT2D eigenvalue weighted by molar-refractivity contribution is 5.40. The second kappa shape index (κ2) is 5.38. The fraction of sp³-hybridized carbons (Fsp3) is 0.538. The van der Waals surface area contributed by atoms with E-state index in [9.17, 15) is 18.3 Å². The number of aliphatic hydroxyl groups is 1. The molecule has 1 heterocycles. The van der Waals surface area contributed by atoms with Crippen LogP contribution in [0.15, 0.2) is 18.2 Å². The average Bonchev–Trinajstić information content (AvgIpc) is 2.37. The molecule has 1 N–H and O–H groups in total. The van der Waals surface area contributed by atoms with Gasteiger partial charge in [-0.1, -0.05) is 6.07 Å². The maximum atomic E-state index is 12.6. The maximum absolute atomic E-state index is 12.6. The van der Waals surface area contributed by atoms with Crippen LogP contribution in [-0.2, 0) is 10.9 Å². The Balaban J connectivity index is 2.30. The summed E-state index contributed by atoms with van der Waals surface area (Å²) in [5.74, 6) is 0.133. The molecule has 2 rings (SSSR count). The zero-order valence-electron chi connectivity index (χ0n) is 10.4. The SMILES string of the molecule is COc1cc(C(F)(F)F)ccc1C1CC(O)CCO1. The van der Waals surface area contributed by atoms with Crippen molar-refractivity contribution >= 4 is 0 Å². The molecule has 0 aliphatic carbocycles. The van der Waals surface area contributed by atoms with Crippen LogP contribution in [0.5, 0.6) is 5.75 Å². The molecule has 3 nitrogen and oxygen atoms in total. The Bertz CT molecular complexity index is 445. The highest BCUT2D eigenvalue weighted by atomic mass is 19.4. The van der Waals surface area contributed by atoms with Crippen molar-refractivity contribution < 1.29 is 27.8 Å². The third-order valence-corrected chi connectivity index (χ3v) is 3.16. The maximum Gasteiger partial charge on any atom is 0.416 e. The molecule has 0 bridgehead atoms. The van der Waals surface area contributed by atoms with Gasteiger partial charge in [0.05, 0.1) is 24.9 Å². The molecule has 19 heavy (non-hydrogen) atoms. The molecule has 2 unspecified atom stereocenters. The predicted octanol–water partition coefficient (Wildman–Crippen LogP) is 2.93. The van der Waals surface area contributed by atoms with E-state index in [4.69, 9.17) is 9.47 Å². The minimum absolute atomic E-state index is 0.133. The molecule has 1 aromatic rings. The molecule has 1 aliphatic heterocycles. The van der Waals surface area contributed by atoms with Crippen molar-refractivity contribution in [3.63, 3.8) is 0 Å². The Hall–Kier alpha value is -1.27. The van der Waals surface area contributed by atoms with E-state index in [1.165, 1.54) is 13.2 Å². The second-order valence-corrected chi connectivity index (χ2v) is 4.49. The summed E-state index contributed by atoms with van der Waals surface area (Å²) in [6, 6.07) is 3.31. The summed E-state index contributed by atoms with van der Waals surface area (Å²) >= 11 is 0. The van der Waals surface area contributed by atoms with Gasteiger partial charge < -0.3 is 14.6 Å². The van der Waals surface area contributed by atoms with Gasteiger partial charge in [0, 0.05) is 18.6 Å². The normalized spacial score (nSPS) is 24.3. The molecule has 2 atom stereocenters. The largest absolute Gasteiger partial charge is 0.496 e. The number of halogens is 3. The fourth-order valence-corrected chi connectivity index (χ4v) is 2.15. The first-order valence-corrected chi connectivity index (χ1v) is 5.96. The minimum atomic E-state index is -4.40. The van der Waals surface area contributed by atoms with Gasteiger partial charge in [0.1, 0.15) is 5.75 Å². The molecule has 1 saturated heterocycles. The van der Waals surface area contributed by atoms with Crippen LogP contribution in [0.4, 0.5) is 13.2 Å². The Morgan fingerprint density at radius 2 is 2.11 bits per heavy atom. The van der Waals surface area contributed by atoms with Crippen molar-refractivity contribution in [2.75, 3.05) is 13.7 Å². The summed E-state index contributed by atoms with van der Waals surface area (Å²) < 4.78 is 48.3. The number of rotatable bonds is 2. The first kappa shape index (κ1) is 14.1. The number of aliphatic hydroxyl groups excluding tert-OH is 1. The molecule has 0 aromatic heterocycles. The lowest BCUT2D eigenvalue weighted by molar-refractivity contribution is -0.137. The van der Waals surface area contributed by atoms with Crippen molar-refractivity contribution in [1.82, 2.24) is 0 Å². The van der Waals surface area contributed by atoms with Gasteiger partial charge in [-0.05, 0) is 18.6 Å². The van der Waals surface area contributed by atoms with Gasteiger partial charge in [-0.15, -0.1) is 0 Å². The number of benzene rings is 1. The Kier molecular flexibility index (Phi) is 4.01. The lowest BCUT2D eigenvalue weighted by Crippen LogP contribution is -2.23. The molecule has 6 heteroatoms. The summed E-state index contributed by atoms with van der Waals surface area (Å²) in [6.07, 6.45) is -4.42. The summed E-state index contributed by atoms with van der Waals surface area (Å²) in [4.78, 5) is 0. The van der Waals surface area contributed by atoms with Gasteiger partial charge in [-0.2, -0.15) is 13.2 Å².